The van der Waals surface area contributed by atoms with E-state index in [4.69, 9.17) is 4.42 Å². The minimum atomic E-state index is -0.298. The fourth-order valence-electron chi connectivity index (χ4n) is 3.32. The van der Waals surface area contributed by atoms with E-state index in [-0.39, 0.29) is 28.2 Å². The topological polar surface area (TPSA) is 50.5 Å². The molecule has 0 radical (unpaired) electrons. The van der Waals surface area contributed by atoms with Gasteiger partial charge in [-0.15, -0.1) is 0 Å². The van der Waals surface area contributed by atoms with Gasteiger partial charge in [0.1, 0.15) is 11.4 Å². The first-order valence-corrected chi connectivity index (χ1v) is 9.86. The lowest BCUT2D eigenvalue weighted by molar-refractivity contribution is 0.0735. The van der Waals surface area contributed by atoms with E-state index in [0.29, 0.717) is 41.8 Å². The Morgan fingerprint density at radius 1 is 1.11 bits per heavy atom. The summed E-state index contributed by atoms with van der Waals surface area (Å²) in [6, 6.07) is 14.9. The standard InChI is InChI=1S/C21H18FNO3S/c22-16-7-3-1-5-14(16)20-9-10-23(11-12-27-20)21(25)19-13-17(24)15-6-2-4-8-18(15)26-19/h1-8,13,20H,9-12H2. The van der Waals surface area contributed by atoms with Gasteiger partial charge in [0.2, 0.25) is 0 Å². The van der Waals surface area contributed by atoms with Crippen molar-refractivity contribution < 1.29 is 13.6 Å². The van der Waals surface area contributed by atoms with E-state index in [1.54, 1.807) is 53.1 Å². The molecule has 1 aliphatic rings. The van der Waals surface area contributed by atoms with Crippen LogP contribution in [0.1, 0.15) is 27.8 Å². The van der Waals surface area contributed by atoms with Crippen molar-refractivity contribution in [2.45, 2.75) is 11.7 Å². The summed E-state index contributed by atoms with van der Waals surface area (Å²) in [5.74, 6) is 0.235. The second-order valence-corrected chi connectivity index (χ2v) is 7.74. The van der Waals surface area contributed by atoms with Crippen LogP contribution < -0.4 is 5.43 Å². The van der Waals surface area contributed by atoms with Crippen LogP contribution in [-0.2, 0) is 0 Å². The third-order valence-corrected chi connectivity index (χ3v) is 6.04. The maximum atomic E-state index is 14.1. The van der Waals surface area contributed by atoms with Crippen molar-refractivity contribution in [1.82, 2.24) is 4.90 Å². The summed E-state index contributed by atoms with van der Waals surface area (Å²) in [6.07, 6.45) is 0.648. The van der Waals surface area contributed by atoms with Gasteiger partial charge in [-0.2, -0.15) is 11.8 Å². The Kier molecular flexibility index (Phi) is 4.99. The number of fused-ring (bicyclic) bond motifs is 1. The Bertz CT molecular complexity index is 1050. The van der Waals surface area contributed by atoms with Gasteiger partial charge in [0.15, 0.2) is 11.2 Å². The predicted octanol–water partition coefficient (Wildman–Crippen LogP) is 4.25. The summed E-state index contributed by atoms with van der Waals surface area (Å²) in [6.45, 7) is 1.02. The number of para-hydroxylation sites is 1. The minimum Gasteiger partial charge on any atom is -0.451 e. The molecule has 2 heterocycles. The molecule has 0 aliphatic carbocycles. The average Bonchev–Trinajstić information content (AvgIpc) is 2.94. The molecule has 27 heavy (non-hydrogen) atoms. The zero-order chi connectivity index (χ0) is 18.8. The second kappa shape index (κ2) is 7.56. The number of halogens is 1. The highest BCUT2D eigenvalue weighted by atomic mass is 32.2. The highest BCUT2D eigenvalue weighted by molar-refractivity contribution is 7.99. The van der Waals surface area contributed by atoms with Gasteiger partial charge in [-0.25, -0.2) is 4.39 Å². The smallest absolute Gasteiger partial charge is 0.289 e. The molecule has 138 valence electrons. The summed E-state index contributed by atoms with van der Waals surface area (Å²) in [4.78, 5) is 26.8. The average molecular weight is 383 g/mol. The van der Waals surface area contributed by atoms with E-state index in [1.165, 1.54) is 12.1 Å². The molecule has 6 heteroatoms. The first-order valence-electron chi connectivity index (χ1n) is 8.81. The zero-order valence-electron chi connectivity index (χ0n) is 14.6. The van der Waals surface area contributed by atoms with Crippen molar-refractivity contribution in [2.24, 2.45) is 0 Å². The summed E-state index contributed by atoms with van der Waals surface area (Å²) in [5.41, 5.74) is 0.851. The van der Waals surface area contributed by atoms with Crippen molar-refractivity contribution in [3.8, 4) is 0 Å². The van der Waals surface area contributed by atoms with Crippen molar-refractivity contribution >= 4 is 28.6 Å². The molecular formula is C21H18FNO3S. The van der Waals surface area contributed by atoms with Gasteiger partial charge in [-0.1, -0.05) is 30.3 Å². The van der Waals surface area contributed by atoms with Crippen molar-refractivity contribution in [1.29, 1.82) is 0 Å². The molecule has 2 aromatic carbocycles. The lowest BCUT2D eigenvalue weighted by Crippen LogP contribution is -2.33. The zero-order valence-corrected chi connectivity index (χ0v) is 15.4. The van der Waals surface area contributed by atoms with E-state index in [9.17, 15) is 14.0 Å². The number of nitrogens with zero attached hydrogens (tertiary/aromatic N) is 1. The van der Waals surface area contributed by atoms with E-state index in [0.717, 1.165) is 0 Å². The molecule has 4 nitrogen and oxygen atoms in total. The molecule has 0 N–H and O–H groups in total. The van der Waals surface area contributed by atoms with Gasteiger partial charge in [-0.05, 0) is 24.6 Å². The Morgan fingerprint density at radius 2 is 1.89 bits per heavy atom. The number of rotatable bonds is 2. The normalized spacial score (nSPS) is 17.7. The van der Waals surface area contributed by atoms with Gasteiger partial charge in [0, 0.05) is 35.7 Å². The van der Waals surface area contributed by atoms with Crippen molar-refractivity contribution in [2.75, 3.05) is 18.8 Å². The summed E-state index contributed by atoms with van der Waals surface area (Å²) in [7, 11) is 0. The van der Waals surface area contributed by atoms with E-state index in [2.05, 4.69) is 0 Å². The largest absolute Gasteiger partial charge is 0.451 e. The number of carbonyl (C=O) groups excluding carboxylic acids is 1. The molecule has 1 saturated heterocycles. The third-order valence-electron chi connectivity index (χ3n) is 4.73. The summed E-state index contributed by atoms with van der Waals surface area (Å²) >= 11 is 1.65. The fourth-order valence-corrected chi connectivity index (χ4v) is 4.58. The van der Waals surface area contributed by atoms with Gasteiger partial charge in [0.05, 0.1) is 5.39 Å². The first kappa shape index (κ1) is 17.8. The number of thioether (sulfide) groups is 1. The molecule has 1 aromatic heterocycles. The van der Waals surface area contributed by atoms with Crippen LogP contribution >= 0.6 is 11.8 Å². The first-order chi connectivity index (χ1) is 13.1. The summed E-state index contributed by atoms with van der Waals surface area (Å²) in [5, 5.41) is 0.465. The van der Waals surface area contributed by atoms with Gasteiger partial charge in [-0.3, -0.25) is 9.59 Å². The quantitative estimate of drug-likeness (QED) is 0.664. The van der Waals surface area contributed by atoms with Crippen molar-refractivity contribution in [3.05, 3.63) is 82.0 Å². The van der Waals surface area contributed by atoms with Crippen LogP contribution in [-0.4, -0.2) is 29.6 Å². The molecule has 3 aromatic rings. The van der Waals surface area contributed by atoms with Gasteiger partial charge >= 0.3 is 0 Å². The lowest BCUT2D eigenvalue weighted by Gasteiger charge is -2.19. The van der Waals surface area contributed by atoms with Crippen LogP contribution in [0.2, 0.25) is 0 Å². The maximum absolute atomic E-state index is 14.1. The molecule has 1 aliphatic heterocycles. The SMILES string of the molecule is O=C(c1cc(=O)c2ccccc2o1)N1CCSC(c2ccccc2F)CC1. The highest BCUT2D eigenvalue weighted by Gasteiger charge is 2.26. The van der Waals surface area contributed by atoms with Crippen LogP contribution in [0.3, 0.4) is 0 Å². The van der Waals surface area contributed by atoms with Gasteiger partial charge < -0.3 is 9.32 Å². The molecule has 0 bridgehead atoms. The molecule has 1 amide bonds. The van der Waals surface area contributed by atoms with Crippen LogP contribution in [0.5, 0.6) is 0 Å². The number of carbonyl (C=O) groups is 1. The summed E-state index contributed by atoms with van der Waals surface area (Å²) < 4.78 is 19.7. The van der Waals surface area contributed by atoms with E-state index >= 15 is 0 Å². The lowest BCUT2D eigenvalue weighted by atomic mass is 10.1. The maximum Gasteiger partial charge on any atom is 0.289 e. The predicted molar refractivity (Wildman–Crippen MR) is 105 cm³/mol. The molecule has 1 atom stereocenters. The van der Waals surface area contributed by atoms with E-state index in [1.807, 2.05) is 6.07 Å². The monoisotopic (exact) mass is 383 g/mol. The number of benzene rings is 2. The molecule has 1 unspecified atom stereocenters. The molecule has 0 spiro atoms. The molecule has 1 fully saturated rings. The minimum absolute atomic E-state index is 0.00705. The molecule has 4 rings (SSSR count). The second-order valence-electron chi connectivity index (χ2n) is 6.43. The number of hydrogen-bond donors (Lipinski definition) is 0. The van der Waals surface area contributed by atoms with Crippen molar-refractivity contribution in [3.63, 3.8) is 0 Å². The number of amides is 1. The Hall–Kier alpha value is -2.60. The Balaban J connectivity index is 1.55. The molecule has 0 saturated carbocycles. The van der Waals surface area contributed by atoms with Crippen LogP contribution in [0.15, 0.2) is 63.8 Å². The van der Waals surface area contributed by atoms with Gasteiger partial charge in [0.25, 0.3) is 5.91 Å². The highest BCUT2D eigenvalue weighted by Crippen LogP contribution is 2.35. The van der Waals surface area contributed by atoms with Crippen LogP contribution in [0.4, 0.5) is 4.39 Å². The number of hydrogen-bond acceptors (Lipinski definition) is 4. The molecular weight excluding hydrogens is 365 g/mol. The Labute approximate surface area is 160 Å². The van der Waals surface area contributed by atoms with Crippen LogP contribution in [0.25, 0.3) is 11.0 Å². The third kappa shape index (κ3) is 3.62. The Morgan fingerprint density at radius 3 is 2.74 bits per heavy atom. The van der Waals surface area contributed by atoms with E-state index < -0.39 is 0 Å². The fraction of sp³-hybridized carbons (Fsp3) is 0.238. The van der Waals surface area contributed by atoms with Crippen LogP contribution in [0, 0.1) is 5.82 Å².